The average Bonchev–Trinajstić information content (AvgIpc) is 3.30. The Morgan fingerprint density at radius 1 is 0.548 bits per heavy atom. The van der Waals surface area contributed by atoms with Gasteiger partial charge in [-0.1, -0.05) is 115 Å². The summed E-state index contributed by atoms with van der Waals surface area (Å²) in [6.07, 6.45) is -0.140. The first kappa shape index (κ1) is 18.3. The molecule has 1 saturated heterocycles. The first-order valence-electron chi connectivity index (χ1n) is 10.7. The maximum Gasteiger partial charge on any atom is 0.224 e. The van der Waals surface area contributed by atoms with Crippen LogP contribution < -0.4 is 0 Å². The average molecular weight is 402 g/mol. The van der Waals surface area contributed by atoms with Gasteiger partial charge in [-0.15, -0.1) is 0 Å². The molecule has 5 aromatic rings. The molecule has 1 fully saturated rings. The highest BCUT2D eigenvalue weighted by Gasteiger charge is 2.47. The zero-order valence-corrected chi connectivity index (χ0v) is 17.1. The van der Waals surface area contributed by atoms with Gasteiger partial charge in [0.05, 0.1) is 6.61 Å². The SMILES string of the molecule is c1ccc([C@@H]2COC(c3cccc4ccccc34)(c3cccc4ccccc34)O2)cc1. The van der Waals surface area contributed by atoms with Crippen molar-refractivity contribution in [3.63, 3.8) is 0 Å². The minimum Gasteiger partial charge on any atom is -0.339 e. The smallest absolute Gasteiger partial charge is 0.224 e. The van der Waals surface area contributed by atoms with Crippen molar-refractivity contribution >= 4 is 21.5 Å². The number of benzene rings is 5. The van der Waals surface area contributed by atoms with E-state index in [1.54, 1.807) is 0 Å². The second kappa shape index (κ2) is 7.35. The second-order valence-electron chi connectivity index (χ2n) is 8.00. The Kier molecular flexibility index (Phi) is 4.34. The Morgan fingerprint density at radius 2 is 1.06 bits per heavy atom. The van der Waals surface area contributed by atoms with Crippen molar-refractivity contribution in [2.75, 3.05) is 6.61 Å². The summed E-state index contributed by atoms with van der Waals surface area (Å²) < 4.78 is 13.6. The Hall–Kier alpha value is -3.46. The van der Waals surface area contributed by atoms with Crippen molar-refractivity contribution < 1.29 is 9.47 Å². The van der Waals surface area contributed by atoms with Gasteiger partial charge in [-0.2, -0.15) is 0 Å². The van der Waals surface area contributed by atoms with E-state index in [1.165, 1.54) is 10.8 Å². The van der Waals surface area contributed by atoms with Gasteiger partial charge in [0.2, 0.25) is 5.79 Å². The summed E-state index contributed by atoms with van der Waals surface area (Å²) in [4.78, 5) is 0. The first-order valence-corrected chi connectivity index (χ1v) is 10.7. The van der Waals surface area contributed by atoms with Crippen LogP contribution in [-0.2, 0) is 15.3 Å². The molecule has 0 N–H and O–H groups in total. The Bertz CT molecular complexity index is 1280. The summed E-state index contributed by atoms with van der Waals surface area (Å²) in [6, 6.07) is 39.9. The molecule has 1 aliphatic rings. The minimum absolute atomic E-state index is 0.140. The van der Waals surface area contributed by atoms with Crippen LogP contribution in [0.25, 0.3) is 21.5 Å². The Balaban J connectivity index is 1.62. The molecule has 0 aromatic heterocycles. The lowest BCUT2D eigenvalue weighted by Gasteiger charge is -2.31. The fourth-order valence-corrected chi connectivity index (χ4v) is 4.75. The lowest BCUT2D eigenvalue weighted by Crippen LogP contribution is -2.29. The molecule has 31 heavy (non-hydrogen) atoms. The lowest BCUT2D eigenvalue weighted by atomic mass is 9.89. The summed E-state index contributed by atoms with van der Waals surface area (Å²) in [5.41, 5.74) is 3.21. The van der Waals surface area contributed by atoms with E-state index in [-0.39, 0.29) is 6.10 Å². The second-order valence-corrected chi connectivity index (χ2v) is 8.00. The van der Waals surface area contributed by atoms with Gasteiger partial charge in [-0.05, 0) is 27.1 Å². The van der Waals surface area contributed by atoms with Crippen molar-refractivity contribution in [3.8, 4) is 0 Å². The molecule has 0 radical (unpaired) electrons. The van der Waals surface area contributed by atoms with Crippen molar-refractivity contribution in [1.29, 1.82) is 0 Å². The fourth-order valence-electron chi connectivity index (χ4n) is 4.75. The van der Waals surface area contributed by atoms with Crippen molar-refractivity contribution in [2.45, 2.75) is 11.9 Å². The highest BCUT2D eigenvalue weighted by atomic mass is 16.7. The van der Waals surface area contributed by atoms with Crippen LogP contribution in [0.3, 0.4) is 0 Å². The van der Waals surface area contributed by atoms with Gasteiger partial charge in [-0.3, -0.25) is 0 Å². The van der Waals surface area contributed by atoms with E-state index in [2.05, 4.69) is 109 Å². The quantitative estimate of drug-likeness (QED) is 0.324. The number of hydrogen-bond acceptors (Lipinski definition) is 2. The van der Waals surface area contributed by atoms with Crippen LogP contribution in [-0.4, -0.2) is 6.61 Å². The van der Waals surface area contributed by atoms with Crippen LogP contribution in [0.1, 0.15) is 22.8 Å². The topological polar surface area (TPSA) is 18.5 Å². The molecule has 0 aliphatic carbocycles. The zero-order valence-electron chi connectivity index (χ0n) is 17.1. The van der Waals surface area contributed by atoms with Crippen LogP contribution in [0.5, 0.6) is 0 Å². The molecule has 0 saturated carbocycles. The number of rotatable bonds is 3. The maximum absolute atomic E-state index is 6.90. The number of ether oxygens (including phenoxy) is 2. The molecule has 150 valence electrons. The Morgan fingerprint density at radius 3 is 1.68 bits per heavy atom. The van der Waals surface area contributed by atoms with Gasteiger partial charge in [0.1, 0.15) is 6.10 Å². The van der Waals surface area contributed by atoms with Crippen LogP contribution in [0, 0.1) is 0 Å². The van der Waals surface area contributed by atoms with Gasteiger partial charge in [0, 0.05) is 11.1 Å². The van der Waals surface area contributed by atoms with Crippen LogP contribution in [0.2, 0.25) is 0 Å². The third kappa shape index (κ3) is 2.96. The van der Waals surface area contributed by atoms with Gasteiger partial charge >= 0.3 is 0 Å². The minimum atomic E-state index is -0.984. The predicted octanol–water partition coefficient (Wildman–Crippen LogP) is 6.98. The molecule has 0 unspecified atom stereocenters. The molecule has 1 heterocycles. The van der Waals surface area contributed by atoms with Gasteiger partial charge in [0.25, 0.3) is 0 Å². The summed E-state index contributed by atoms with van der Waals surface area (Å²) in [5, 5.41) is 4.64. The zero-order chi connectivity index (χ0) is 20.7. The largest absolute Gasteiger partial charge is 0.339 e. The van der Waals surface area contributed by atoms with E-state index in [4.69, 9.17) is 9.47 Å². The van der Waals surface area contributed by atoms with Gasteiger partial charge in [-0.25, -0.2) is 0 Å². The molecule has 5 aromatic carbocycles. The molecular weight excluding hydrogens is 380 g/mol. The van der Waals surface area contributed by atoms with Crippen LogP contribution in [0.15, 0.2) is 115 Å². The van der Waals surface area contributed by atoms with Gasteiger partial charge in [0.15, 0.2) is 0 Å². The van der Waals surface area contributed by atoms with Gasteiger partial charge < -0.3 is 9.47 Å². The van der Waals surface area contributed by atoms with E-state index in [0.29, 0.717) is 6.61 Å². The third-order valence-electron chi connectivity index (χ3n) is 6.21. The van der Waals surface area contributed by atoms with E-state index < -0.39 is 5.79 Å². The molecule has 0 spiro atoms. The van der Waals surface area contributed by atoms with E-state index in [1.807, 2.05) is 6.07 Å². The van der Waals surface area contributed by atoms with E-state index >= 15 is 0 Å². The lowest BCUT2D eigenvalue weighted by molar-refractivity contribution is -0.141. The van der Waals surface area contributed by atoms with Crippen LogP contribution in [0.4, 0.5) is 0 Å². The first-order chi connectivity index (χ1) is 15.4. The summed E-state index contributed by atoms with van der Waals surface area (Å²) >= 11 is 0. The predicted molar refractivity (Wildman–Crippen MR) is 125 cm³/mol. The number of fused-ring (bicyclic) bond motifs is 2. The highest BCUT2D eigenvalue weighted by molar-refractivity contribution is 5.90. The molecule has 6 rings (SSSR count). The highest BCUT2D eigenvalue weighted by Crippen LogP contribution is 2.48. The summed E-state index contributed by atoms with van der Waals surface area (Å²) in [6.45, 7) is 0.496. The molecule has 1 atom stereocenters. The molecular formula is C29H22O2. The molecule has 2 heteroatoms. The van der Waals surface area contributed by atoms with Crippen molar-refractivity contribution in [2.24, 2.45) is 0 Å². The Labute approximate surface area is 181 Å². The standard InChI is InChI=1S/C29H22O2/c1-2-12-23(13-3-1)28-20-30-29(31-28,26-18-8-14-21-10-4-6-16-24(21)26)27-19-9-15-22-11-5-7-17-25(22)27/h1-19,28H,20H2/t28-/m0/s1. The van der Waals surface area contributed by atoms with E-state index in [9.17, 15) is 0 Å². The number of hydrogen-bond donors (Lipinski definition) is 0. The van der Waals surface area contributed by atoms with Crippen molar-refractivity contribution in [1.82, 2.24) is 0 Å². The third-order valence-corrected chi connectivity index (χ3v) is 6.21. The fraction of sp³-hybridized carbons (Fsp3) is 0.103. The monoisotopic (exact) mass is 402 g/mol. The normalized spacial score (nSPS) is 17.9. The van der Waals surface area contributed by atoms with Crippen molar-refractivity contribution in [3.05, 3.63) is 132 Å². The molecule has 0 amide bonds. The summed E-state index contributed by atoms with van der Waals surface area (Å²) in [5.74, 6) is -0.984. The summed E-state index contributed by atoms with van der Waals surface area (Å²) in [7, 11) is 0. The molecule has 1 aliphatic heterocycles. The molecule has 0 bridgehead atoms. The van der Waals surface area contributed by atoms with E-state index in [0.717, 1.165) is 27.5 Å². The van der Waals surface area contributed by atoms with Crippen LogP contribution >= 0.6 is 0 Å². The maximum atomic E-state index is 6.90. The molecule has 2 nitrogen and oxygen atoms in total.